The molecule has 0 aliphatic carbocycles. The number of anilines is 2. The third kappa shape index (κ3) is 3.05. The molecule has 2 aromatic heterocycles. The molecule has 0 atom stereocenters. The van der Waals surface area contributed by atoms with E-state index in [1.165, 1.54) is 25.7 Å². The summed E-state index contributed by atoms with van der Waals surface area (Å²) >= 11 is 0. The number of benzene rings is 3. The molecule has 0 N–H and O–H groups in total. The monoisotopic (exact) mass is 619 g/mol. The van der Waals surface area contributed by atoms with Gasteiger partial charge in [-0.05, 0) is 50.9 Å². The molecule has 0 amide bonds. The Morgan fingerprint density at radius 3 is 1.55 bits per heavy atom. The van der Waals surface area contributed by atoms with E-state index in [9.17, 15) is 0 Å². The van der Waals surface area contributed by atoms with Crippen LogP contribution in [0.15, 0.2) is 70.0 Å². The molecule has 7 rings (SSSR count). The van der Waals surface area contributed by atoms with Gasteiger partial charge in [0.05, 0.1) is 11.2 Å². The second-order valence-electron chi connectivity index (χ2n) is 7.64. The van der Waals surface area contributed by atoms with Crippen LogP contribution in [-0.4, -0.2) is 23.8 Å². The summed E-state index contributed by atoms with van der Waals surface area (Å²) in [6.45, 7) is -1.57. The minimum absolute atomic E-state index is 0. The fourth-order valence-corrected chi connectivity index (χ4v) is 4.24. The third-order valence-electron chi connectivity index (χ3n) is 5.68. The van der Waals surface area contributed by atoms with Crippen molar-refractivity contribution in [2.45, 2.75) is 0 Å². The van der Waals surface area contributed by atoms with Gasteiger partial charge in [0.25, 0.3) is 0 Å². The Labute approximate surface area is 213 Å². The van der Waals surface area contributed by atoms with Gasteiger partial charge >= 0.3 is 21.1 Å². The predicted molar refractivity (Wildman–Crippen MR) is 126 cm³/mol. The molecule has 33 heavy (non-hydrogen) atoms. The molecule has 0 spiro atoms. The molecule has 3 aromatic carbocycles. The molecule has 4 heterocycles. The Morgan fingerprint density at radius 1 is 0.667 bits per heavy atom. The average Bonchev–Trinajstić information content (AvgIpc) is 3.65. The van der Waals surface area contributed by atoms with E-state index in [1.54, 1.807) is 22.2 Å². The first-order valence-corrected chi connectivity index (χ1v) is 9.93. The second kappa shape index (κ2) is 7.32. The van der Waals surface area contributed by atoms with Crippen LogP contribution in [0.3, 0.4) is 0 Å². The first-order chi connectivity index (χ1) is 18.1. The van der Waals surface area contributed by atoms with E-state index in [0.717, 1.165) is 31.3 Å². The van der Waals surface area contributed by atoms with Crippen LogP contribution >= 0.6 is 0 Å². The predicted octanol–water partition coefficient (Wildman–Crippen LogP) is 5.77. The molecular formula is C26H18N4O2Pt. The van der Waals surface area contributed by atoms with Crippen LogP contribution in [-0.2, 0) is 21.1 Å². The van der Waals surface area contributed by atoms with E-state index in [2.05, 4.69) is 12.1 Å². The zero-order chi connectivity index (χ0) is 26.4. The molecule has 0 bridgehead atoms. The standard InChI is InChI=1S/C26H18N4O2.Pt/c1-27-9-11-29(15-27)17-3-5-21-19(13-17)25-23(31-21)7-8-24-26(25)20-14-18(4-6-22(20)32-24)30-12-10-28(2)16-30;/h3-12,15-16H,1-2H3;/q-4;+4/i1D3,2D3;. The van der Waals surface area contributed by atoms with Crippen molar-refractivity contribution < 1.29 is 38.1 Å². The van der Waals surface area contributed by atoms with Crippen molar-refractivity contribution in [1.29, 1.82) is 0 Å². The summed E-state index contributed by atoms with van der Waals surface area (Å²) in [5.41, 5.74) is 3.85. The van der Waals surface area contributed by atoms with E-state index in [-0.39, 0.29) is 21.1 Å². The van der Waals surface area contributed by atoms with Crippen molar-refractivity contribution in [3.63, 3.8) is 0 Å². The molecule has 7 heteroatoms. The summed E-state index contributed by atoms with van der Waals surface area (Å²) in [6, 6.07) is 17.8. The first-order valence-electron chi connectivity index (χ1n) is 12.9. The van der Waals surface area contributed by atoms with Crippen LogP contribution in [0, 0.1) is 25.5 Å². The van der Waals surface area contributed by atoms with Gasteiger partial charge in [0.15, 0.2) is 0 Å². The number of hydrogen-bond donors (Lipinski definition) is 0. The molecule has 5 aromatic rings. The largest absolute Gasteiger partial charge is 4.00 e. The number of rotatable bonds is 2. The summed E-state index contributed by atoms with van der Waals surface area (Å²) in [6.07, 6.45) is 6.32. The van der Waals surface area contributed by atoms with E-state index < -0.39 is 14.0 Å². The van der Waals surface area contributed by atoms with Crippen LogP contribution in [0.1, 0.15) is 8.22 Å². The van der Waals surface area contributed by atoms with Crippen LogP contribution < -0.4 is 9.80 Å². The van der Waals surface area contributed by atoms with E-state index in [1.807, 2.05) is 36.4 Å². The van der Waals surface area contributed by atoms with E-state index >= 15 is 0 Å². The summed E-state index contributed by atoms with van der Waals surface area (Å²) in [5, 5.41) is 3.04. The number of furan rings is 2. The van der Waals surface area contributed by atoms with Gasteiger partial charge in [-0.1, -0.05) is 22.1 Å². The summed E-state index contributed by atoms with van der Waals surface area (Å²) in [5.74, 6) is 0. The maximum absolute atomic E-state index is 7.64. The van der Waals surface area contributed by atoms with E-state index in [0.29, 0.717) is 33.7 Å². The number of nitrogens with zero attached hydrogens (tertiary/aromatic N) is 4. The van der Waals surface area contributed by atoms with Gasteiger partial charge in [0.1, 0.15) is 0 Å². The van der Waals surface area contributed by atoms with Crippen LogP contribution in [0.2, 0.25) is 0 Å². The van der Waals surface area contributed by atoms with Crippen LogP contribution in [0.5, 0.6) is 0 Å². The quantitative estimate of drug-likeness (QED) is 0.234. The Morgan fingerprint density at radius 2 is 1.12 bits per heavy atom. The molecule has 2 aliphatic rings. The normalized spacial score (nSPS) is 19.3. The molecule has 164 valence electrons. The Kier molecular flexibility index (Phi) is 3.26. The Hall–Kier alpha value is -3.37. The fourth-order valence-electron chi connectivity index (χ4n) is 4.24. The molecule has 0 saturated heterocycles. The van der Waals surface area contributed by atoms with Gasteiger partial charge < -0.3 is 28.4 Å². The van der Waals surface area contributed by atoms with Crippen LogP contribution in [0.25, 0.3) is 43.9 Å². The SMILES string of the molecule is [2H]C([2H])([2H])N1C=CN(c2[c-]c3c(cc2)oc2ccc4oc5ccc(N6C=CN(C([2H])([2H])[2H])[CH-]6)[c-]c5c4c23)[CH-]1.[Pt+4]. The summed E-state index contributed by atoms with van der Waals surface area (Å²) in [4.78, 5) is 5.70. The molecule has 0 fully saturated rings. The third-order valence-corrected chi connectivity index (χ3v) is 5.68. The van der Waals surface area contributed by atoms with Crippen molar-refractivity contribution in [1.82, 2.24) is 9.80 Å². The van der Waals surface area contributed by atoms with Gasteiger partial charge in [-0.15, -0.1) is 47.2 Å². The minimum atomic E-state index is -2.28. The maximum Gasteiger partial charge on any atom is 4.00 e. The topological polar surface area (TPSA) is 39.2 Å². The van der Waals surface area contributed by atoms with Crippen LogP contribution in [0.4, 0.5) is 11.4 Å². The van der Waals surface area contributed by atoms with Crippen molar-refractivity contribution >= 4 is 55.3 Å². The number of hydrogen-bond acceptors (Lipinski definition) is 6. The zero-order valence-corrected chi connectivity index (χ0v) is 19.1. The van der Waals surface area contributed by atoms with Crippen molar-refractivity contribution in [2.75, 3.05) is 23.8 Å². The Balaban J connectivity index is 0.00000277. The zero-order valence-electron chi connectivity index (χ0n) is 22.8. The molecule has 0 saturated carbocycles. The molecular weight excluding hydrogens is 595 g/mol. The van der Waals surface area contributed by atoms with Gasteiger partial charge in [-0.3, -0.25) is 0 Å². The van der Waals surface area contributed by atoms with Crippen molar-refractivity contribution in [3.05, 3.63) is 86.7 Å². The molecule has 0 unspecified atom stereocenters. The smallest absolute Gasteiger partial charge is 0.511 e. The summed E-state index contributed by atoms with van der Waals surface area (Å²) < 4.78 is 58.1. The van der Waals surface area contributed by atoms with Gasteiger partial charge in [-0.2, -0.15) is 13.3 Å². The van der Waals surface area contributed by atoms with Gasteiger partial charge in [-0.25, -0.2) is 0 Å². The molecule has 0 radical (unpaired) electrons. The fraction of sp³-hybridized carbons (Fsp3) is 0.0769. The summed E-state index contributed by atoms with van der Waals surface area (Å²) in [7, 11) is 0. The van der Waals surface area contributed by atoms with Gasteiger partial charge in [0, 0.05) is 19.4 Å². The number of fused-ring (bicyclic) bond motifs is 7. The van der Waals surface area contributed by atoms with Gasteiger partial charge in [0.2, 0.25) is 0 Å². The first kappa shape index (κ1) is 14.7. The maximum atomic E-state index is 7.64. The second-order valence-corrected chi connectivity index (χ2v) is 7.64. The average molecular weight is 620 g/mol. The van der Waals surface area contributed by atoms with Crippen molar-refractivity contribution in [3.8, 4) is 0 Å². The molecule has 6 nitrogen and oxygen atoms in total. The molecule has 2 aliphatic heterocycles. The van der Waals surface area contributed by atoms with Crippen molar-refractivity contribution in [2.24, 2.45) is 0 Å². The Bertz CT molecular complexity index is 1670. The minimum Gasteiger partial charge on any atom is -0.511 e. The van der Waals surface area contributed by atoms with E-state index in [4.69, 9.17) is 17.1 Å².